The molecule has 0 radical (unpaired) electrons. The minimum absolute atomic E-state index is 0.0747. The minimum atomic E-state index is -0.194. The fourth-order valence-corrected chi connectivity index (χ4v) is 6.22. The van der Waals surface area contributed by atoms with Crippen molar-refractivity contribution < 1.29 is 28.7 Å². The van der Waals surface area contributed by atoms with Crippen LogP contribution in [-0.4, -0.2) is 70.9 Å². The molecule has 4 aliphatic heterocycles. The Labute approximate surface area is 262 Å². The van der Waals surface area contributed by atoms with Gasteiger partial charge in [0.25, 0.3) is 11.8 Å². The van der Waals surface area contributed by atoms with Gasteiger partial charge in [-0.2, -0.15) is 0 Å². The fourth-order valence-electron chi connectivity index (χ4n) is 6.22. The average molecular weight is 609 g/mol. The molecule has 0 fully saturated rings. The maximum absolute atomic E-state index is 13.3. The number of hydrogen-bond acceptors (Lipinski definition) is 8. The van der Waals surface area contributed by atoms with Crippen molar-refractivity contribution in [2.45, 2.75) is 71.9 Å². The standard InChI is InChI=1S/C35H36N4O6/c1-20-8-28-30(36-16-26-12-24(10-22(3)40)18-38(26)34(28)42)14-32(20)44-6-5-7-45-33-15-31-29(9-21(33)2)35(43)39-19-25(11-23(4)41)13-27(39)17-37-31/h8-9,14-19,26-27H,5-7,10-13H2,1-4H3/t26-,27-/m0/s1. The molecule has 45 heavy (non-hydrogen) atoms. The monoisotopic (exact) mass is 608 g/mol. The van der Waals surface area contributed by atoms with Gasteiger partial charge in [0.15, 0.2) is 0 Å². The first-order valence-corrected chi connectivity index (χ1v) is 15.2. The summed E-state index contributed by atoms with van der Waals surface area (Å²) in [5, 5.41) is 0. The average Bonchev–Trinajstić information content (AvgIpc) is 3.52. The van der Waals surface area contributed by atoms with Crippen molar-refractivity contribution in [2.24, 2.45) is 9.98 Å². The smallest absolute Gasteiger partial charge is 0.260 e. The first-order chi connectivity index (χ1) is 21.6. The highest BCUT2D eigenvalue weighted by molar-refractivity contribution is 6.05. The molecule has 0 bridgehead atoms. The topological polar surface area (TPSA) is 118 Å². The van der Waals surface area contributed by atoms with Crippen molar-refractivity contribution in [3.63, 3.8) is 0 Å². The number of nitrogens with zero attached hydrogens (tertiary/aromatic N) is 4. The molecule has 0 spiro atoms. The molecular formula is C35H36N4O6. The van der Waals surface area contributed by atoms with Crippen molar-refractivity contribution in [3.05, 3.63) is 70.1 Å². The number of carbonyl (C=O) groups is 4. The summed E-state index contributed by atoms with van der Waals surface area (Å²) in [6.45, 7) is 7.70. The Hall–Kier alpha value is -4.86. The van der Waals surface area contributed by atoms with E-state index in [9.17, 15) is 19.2 Å². The van der Waals surface area contributed by atoms with Crippen LogP contribution in [0.1, 0.15) is 77.8 Å². The lowest BCUT2D eigenvalue weighted by atomic mass is 10.1. The highest BCUT2D eigenvalue weighted by Crippen LogP contribution is 2.37. The van der Waals surface area contributed by atoms with Crippen LogP contribution in [0, 0.1) is 13.8 Å². The fraction of sp³-hybridized carbons (Fsp3) is 0.371. The molecular weight excluding hydrogens is 572 g/mol. The third-order valence-electron chi connectivity index (χ3n) is 8.34. The van der Waals surface area contributed by atoms with Crippen LogP contribution in [-0.2, 0) is 9.59 Å². The van der Waals surface area contributed by atoms with E-state index in [4.69, 9.17) is 9.47 Å². The minimum Gasteiger partial charge on any atom is -0.493 e. The van der Waals surface area contributed by atoms with Crippen LogP contribution in [0.2, 0.25) is 0 Å². The van der Waals surface area contributed by atoms with Crippen molar-refractivity contribution in [3.8, 4) is 11.5 Å². The number of Topliss-reactive ketones (excluding diaryl/α,β-unsaturated/α-hetero) is 2. The van der Waals surface area contributed by atoms with Gasteiger partial charge in [-0.15, -0.1) is 0 Å². The number of fused-ring (bicyclic) bond motifs is 4. The van der Waals surface area contributed by atoms with Gasteiger partial charge in [-0.1, -0.05) is 0 Å². The zero-order valence-corrected chi connectivity index (χ0v) is 26.0. The molecule has 232 valence electrons. The predicted octanol–water partition coefficient (Wildman–Crippen LogP) is 5.74. The number of ether oxygens (including phenoxy) is 2. The van der Waals surface area contributed by atoms with E-state index >= 15 is 0 Å². The molecule has 10 heteroatoms. The first-order valence-electron chi connectivity index (χ1n) is 15.2. The van der Waals surface area contributed by atoms with E-state index in [1.807, 2.05) is 26.0 Å². The second-order valence-corrected chi connectivity index (χ2v) is 12.2. The maximum atomic E-state index is 13.3. The Morgan fingerprint density at radius 2 is 1.16 bits per heavy atom. The van der Waals surface area contributed by atoms with Gasteiger partial charge in [-0.05, 0) is 74.9 Å². The second kappa shape index (κ2) is 12.3. The normalized spacial score (nSPS) is 19.6. The van der Waals surface area contributed by atoms with E-state index in [0.717, 1.165) is 22.3 Å². The van der Waals surface area contributed by atoms with Gasteiger partial charge in [0.1, 0.15) is 23.1 Å². The van der Waals surface area contributed by atoms with Gasteiger partial charge in [0.2, 0.25) is 0 Å². The van der Waals surface area contributed by atoms with Gasteiger partial charge in [-0.25, -0.2) is 0 Å². The van der Waals surface area contributed by atoms with Crippen molar-refractivity contribution in [1.29, 1.82) is 0 Å². The molecule has 0 N–H and O–H groups in total. The zero-order chi connectivity index (χ0) is 31.8. The SMILES string of the molecule is CC(=O)CC1=CN2C(=O)c3cc(C)c(OCCCOc4cc5c(cc4C)C(=O)N4C=C(CC(C)=O)C[C@H]4C=N5)cc3N=C[C@@H]2C1. The summed E-state index contributed by atoms with van der Waals surface area (Å²) in [5.74, 6) is 1.19. The van der Waals surface area contributed by atoms with E-state index in [2.05, 4.69) is 9.98 Å². The molecule has 2 amide bonds. The van der Waals surface area contributed by atoms with E-state index in [1.165, 1.54) is 0 Å². The molecule has 4 aliphatic rings. The molecule has 2 aromatic rings. The van der Waals surface area contributed by atoms with E-state index in [-0.39, 0.29) is 35.5 Å². The van der Waals surface area contributed by atoms with Crippen molar-refractivity contribution in [1.82, 2.24) is 9.80 Å². The van der Waals surface area contributed by atoms with E-state index in [0.29, 0.717) is 79.3 Å². The van der Waals surface area contributed by atoms with Crippen LogP contribution in [0.3, 0.4) is 0 Å². The number of ketones is 2. The molecule has 0 saturated heterocycles. The summed E-state index contributed by atoms with van der Waals surface area (Å²) in [7, 11) is 0. The Balaban J connectivity index is 1.06. The van der Waals surface area contributed by atoms with Gasteiger partial charge < -0.3 is 19.3 Å². The number of aliphatic imine (C=N–C) groups is 2. The Morgan fingerprint density at radius 3 is 1.56 bits per heavy atom. The number of rotatable bonds is 10. The molecule has 4 heterocycles. The third kappa shape index (κ3) is 6.22. The first kappa shape index (κ1) is 30.2. The Bertz CT molecular complexity index is 1610. The molecule has 0 saturated carbocycles. The quantitative estimate of drug-likeness (QED) is 0.318. The van der Waals surface area contributed by atoms with Crippen molar-refractivity contribution in [2.75, 3.05) is 13.2 Å². The summed E-state index contributed by atoms with van der Waals surface area (Å²) in [5.41, 5.74) is 5.69. The lowest BCUT2D eigenvalue weighted by molar-refractivity contribution is -0.117. The second-order valence-electron chi connectivity index (χ2n) is 12.2. The Kier molecular flexibility index (Phi) is 8.22. The largest absolute Gasteiger partial charge is 0.493 e. The summed E-state index contributed by atoms with van der Waals surface area (Å²) in [6.07, 6.45) is 9.64. The molecule has 0 aromatic heterocycles. The van der Waals surface area contributed by atoms with Gasteiger partial charge >= 0.3 is 0 Å². The zero-order valence-electron chi connectivity index (χ0n) is 26.0. The highest BCUT2D eigenvalue weighted by Gasteiger charge is 2.34. The summed E-state index contributed by atoms with van der Waals surface area (Å²) < 4.78 is 12.1. The highest BCUT2D eigenvalue weighted by atomic mass is 16.5. The van der Waals surface area contributed by atoms with Crippen molar-refractivity contribution >= 4 is 47.2 Å². The van der Waals surface area contributed by atoms with Crippen LogP contribution in [0.15, 0.2) is 57.8 Å². The summed E-state index contributed by atoms with van der Waals surface area (Å²) in [4.78, 5) is 62.3. The van der Waals surface area contributed by atoms with Crippen LogP contribution in [0.5, 0.6) is 11.5 Å². The molecule has 0 aliphatic carbocycles. The van der Waals surface area contributed by atoms with E-state index in [1.54, 1.807) is 60.6 Å². The van der Waals surface area contributed by atoms with Gasteiger partial charge in [0, 0.05) is 56.2 Å². The maximum Gasteiger partial charge on any atom is 0.260 e. The molecule has 10 nitrogen and oxygen atoms in total. The number of carbonyl (C=O) groups excluding carboxylic acids is 4. The molecule has 6 rings (SSSR count). The lowest BCUT2D eigenvalue weighted by Gasteiger charge is -2.19. The number of aryl methyl sites for hydroxylation is 2. The van der Waals surface area contributed by atoms with Crippen LogP contribution in [0.25, 0.3) is 0 Å². The predicted molar refractivity (Wildman–Crippen MR) is 170 cm³/mol. The molecule has 2 aromatic carbocycles. The van der Waals surface area contributed by atoms with Crippen LogP contribution in [0.4, 0.5) is 11.4 Å². The van der Waals surface area contributed by atoms with E-state index < -0.39 is 0 Å². The van der Waals surface area contributed by atoms with Gasteiger partial charge in [-0.3, -0.25) is 29.2 Å². The Morgan fingerprint density at radius 1 is 0.733 bits per heavy atom. The van der Waals surface area contributed by atoms with Crippen LogP contribution < -0.4 is 9.47 Å². The lowest BCUT2D eigenvalue weighted by Crippen LogP contribution is -2.32. The third-order valence-corrected chi connectivity index (χ3v) is 8.34. The number of benzene rings is 2. The summed E-state index contributed by atoms with van der Waals surface area (Å²) >= 11 is 0. The van der Waals surface area contributed by atoms with Gasteiger partial charge in [0.05, 0.1) is 47.8 Å². The summed E-state index contributed by atoms with van der Waals surface area (Å²) in [6, 6.07) is 6.84. The number of hydrogen-bond donors (Lipinski definition) is 0. The number of amides is 2. The van der Waals surface area contributed by atoms with Crippen LogP contribution >= 0.6 is 0 Å². The molecule has 0 unspecified atom stereocenters. The molecule has 2 atom stereocenters.